The normalized spacial score (nSPS) is 12.2. The van der Waals surface area contributed by atoms with Crippen LogP contribution in [0, 0.1) is 0 Å². The average molecular weight is 333 g/mol. The van der Waals surface area contributed by atoms with Gasteiger partial charge in [-0.05, 0) is 42.7 Å². The van der Waals surface area contributed by atoms with E-state index < -0.39 is 0 Å². The van der Waals surface area contributed by atoms with Crippen LogP contribution >= 0.6 is 15.9 Å². The molecule has 3 heteroatoms. The fraction of sp³-hybridized carbons (Fsp3) is 0.294. The van der Waals surface area contributed by atoms with Crippen molar-refractivity contribution >= 4 is 21.6 Å². The molecule has 2 aromatic rings. The Bertz CT molecular complexity index is 549. The summed E-state index contributed by atoms with van der Waals surface area (Å²) in [6.07, 6.45) is 0.925. The van der Waals surface area contributed by atoms with Crippen molar-refractivity contribution in [2.75, 3.05) is 11.9 Å². The minimum Gasteiger partial charge on any atom is -0.370 e. The summed E-state index contributed by atoms with van der Waals surface area (Å²) in [5.41, 5.74) is 9.62. The van der Waals surface area contributed by atoms with Crippen molar-refractivity contribution in [3.05, 3.63) is 64.1 Å². The molecule has 2 nitrogen and oxygen atoms in total. The Labute approximate surface area is 129 Å². The molecule has 0 saturated heterocycles. The van der Waals surface area contributed by atoms with Crippen LogP contribution in [-0.2, 0) is 13.0 Å². The lowest BCUT2D eigenvalue weighted by Crippen LogP contribution is -2.18. The van der Waals surface area contributed by atoms with E-state index in [2.05, 4.69) is 70.3 Å². The lowest BCUT2D eigenvalue weighted by atomic mass is 10.1. The molecule has 0 amide bonds. The molecule has 0 saturated carbocycles. The van der Waals surface area contributed by atoms with E-state index >= 15 is 0 Å². The van der Waals surface area contributed by atoms with E-state index in [1.165, 1.54) is 16.8 Å². The molecule has 1 unspecified atom stereocenters. The number of hydrogen-bond acceptors (Lipinski definition) is 2. The van der Waals surface area contributed by atoms with Crippen molar-refractivity contribution in [3.8, 4) is 0 Å². The van der Waals surface area contributed by atoms with Crippen molar-refractivity contribution in [3.63, 3.8) is 0 Å². The summed E-state index contributed by atoms with van der Waals surface area (Å²) in [6.45, 7) is 2.92. The smallest absolute Gasteiger partial charge is 0.0437 e. The molecule has 0 fully saturated rings. The van der Waals surface area contributed by atoms with E-state index in [9.17, 15) is 0 Å². The van der Waals surface area contributed by atoms with Gasteiger partial charge in [-0.2, -0.15) is 0 Å². The third-order valence-corrected chi connectivity index (χ3v) is 4.07. The Hall–Kier alpha value is -1.32. The number of halogens is 1. The quantitative estimate of drug-likeness (QED) is 0.897. The summed E-state index contributed by atoms with van der Waals surface area (Å²) in [7, 11) is 2.11. The van der Waals surface area contributed by atoms with Crippen molar-refractivity contribution in [2.45, 2.75) is 25.9 Å². The monoisotopic (exact) mass is 332 g/mol. The summed E-state index contributed by atoms with van der Waals surface area (Å²) in [6, 6.07) is 17.2. The lowest BCUT2D eigenvalue weighted by molar-refractivity contribution is 0.738. The first-order valence-corrected chi connectivity index (χ1v) is 7.64. The fourth-order valence-electron chi connectivity index (χ4n) is 2.23. The molecule has 2 rings (SSSR count). The van der Waals surface area contributed by atoms with Crippen LogP contribution in [0.2, 0.25) is 0 Å². The number of benzene rings is 2. The van der Waals surface area contributed by atoms with Gasteiger partial charge in [-0.3, -0.25) is 0 Å². The first-order valence-electron chi connectivity index (χ1n) is 6.85. The molecule has 0 aliphatic heterocycles. The largest absolute Gasteiger partial charge is 0.370 e. The maximum absolute atomic E-state index is 5.83. The number of anilines is 1. The van der Waals surface area contributed by atoms with Crippen molar-refractivity contribution in [1.82, 2.24) is 0 Å². The van der Waals surface area contributed by atoms with Crippen LogP contribution in [0.1, 0.15) is 18.1 Å². The predicted octanol–water partition coefficient (Wildman–Crippen LogP) is 3.98. The maximum Gasteiger partial charge on any atom is 0.0437 e. The van der Waals surface area contributed by atoms with Gasteiger partial charge in [0.25, 0.3) is 0 Å². The topological polar surface area (TPSA) is 29.3 Å². The zero-order valence-electron chi connectivity index (χ0n) is 12.0. The van der Waals surface area contributed by atoms with Crippen LogP contribution in [0.15, 0.2) is 53.0 Å². The number of hydrogen-bond donors (Lipinski definition) is 1. The van der Waals surface area contributed by atoms with Crippen LogP contribution in [0.5, 0.6) is 0 Å². The minimum absolute atomic E-state index is 0.207. The highest BCUT2D eigenvalue weighted by molar-refractivity contribution is 9.10. The molecule has 0 bridgehead atoms. The molecule has 0 aliphatic carbocycles. The molecule has 106 valence electrons. The summed E-state index contributed by atoms with van der Waals surface area (Å²) < 4.78 is 1.15. The molecular formula is C17H21BrN2. The Morgan fingerprint density at radius 2 is 1.75 bits per heavy atom. The van der Waals surface area contributed by atoms with Gasteiger partial charge in [0.2, 0.25) is 0 Å². The molecular weight excluding hydrogens is 312 g/mol. The molecule has 0 radical (unpaired) electrons. The van der Waals surface area contributed by atoms with Gasteiger partial charge >= 0.3 is 0 Å². The van der Waals surface area contributed by atoms with Crippen LogP contribution in [0.25, 0.3) is 0 Å². The highest BCUT2D eigenvalue weighted by atomic mass is 79.9. The third kappa shape index (κ3) is 4.09. The summed E-state index contributed by atoms with van der Waals surface area (Å²) in [5.74, 6) is 0. The zero-order valence-corrected chi connectivity index (χ0v) is 13.6. The summed E-state index contributed by atoms with van der Waals surface area (Å²) in [4.78, 5) is 2.25. The second kappa shape index (κ2) is 6.91. The van der Waals surface area contributed by atoms with E-state index in [1.807, 2.05) is 13.0 Å². The van der Waals surface area contributed by atoms with Crippen molar-refractivity contribution in [1.29, 1.82) is 0 Å². The van der Waals surface area contributed by atoms with Crippen molar-refractivity contribution < 1.29 is 0 Å². The first-order chi connectivity index (χ1) is 9.56. The highest BCUT2D eigenvalue weighted by Crippen LogP contribution is 2.21. The lowest BCUT2D eigenvalue weighted by Gasteiger charge is -2.20. The molecule has 2 N–H and O–H groups in total. The van der Waals surface area contributed by atoms with Gasteiger partial charge in [-0.15, -0.1) is 0 Å². The van der Waals surface area contributed by atoms with E-state index in [-0.39, 0.29) is 6.04 Å². The van der Waals surface area contributed by atoms with Gasteiger partial charge < -0.3 is 10.6 Å². The molecule has 20 heavy (non-hydrogen) atoms. The average Bonchev–Trinajstić information content (AvgIpc) is 2.41. The van der Waals surface area contributed by atoms with E-state index in [4.69, 9.17) is 5.73 Å². The van der Waals surface area contributed by atoms with Gasteiger partial charge in [-0.1, -0.05) is 46.3 Å². The van der Waals surface area contributed by atoms with Gasteiger partial charge in [0.05, 0.1) is 0 Å². The SMILES string of the molecule is CC(N)Cc1ccc(N(C)Cc2ccccc2Br)cc1. The highest BCUT2D eigenvalue weighted by Gasteiger charge is 2.05. The van der Waals surface area contributed by atoms with Crippen LogP contribution in [0.4, 0.5) is 5.69 Å². The molecule has 0 heterocycles. The molecule has 2 aromatic carbocycles. The van der Waals surface area contributed by atoms with E-state index in [0.717, 1.165) is 17.4 Å². The van der Waals surface area contributed by atoms with Crippen molar-refractivity contribution in [2.24, 2.45) is 5.73 Å². The van der Waals surface area contributed by atoms with Gasteiger partial charge in [0, 0.05) is 29.8 Å². The third-order valence-electron chi connectivity index (χ3n) is 3.30. The Kier molecular flexibility index (Phi) is 5.21. The van der Waals surface area contributed by atoms with Gasteiger partial charge in [0.15, 0.2) is 0 Å². The second-order valence-corrected chi connectivity index (χ2v) is 6.15. The van der Waals surface area contributed by atoms with E-state index in [0.29, 0.717) is 0 Å². The number of nitrogens with two attached hydrogens (primary N) is 1. The molecule has 1 atom stereocenters. The molecule has 0 aliphatic rings. The van der Waals surface area contributed by atoms with Gasteiger partial charge in [0.1, 0.15) is 0 Å². The first kappa shape index (κ1) is 15.1. The maximum atomic E-state index is 5.83. The van der Waals surface area contributed by atoms with Crippen LogP contribution in [0.3, 0.4) is 0 Å². The second-order valence-electron chi connectivity index (χ2n) is 5.30. The Morgan fingerprint density at radius 3 is 2.35 bits per heavy atom. The zero-order chi connectivity index (χ0) is 14.5. The Morgan fingerprint density at radius 1 is 1.10 bits per heavy atom. The fourth-order valence-corrected chi connectivity index (χ4v) is 2.64. The molecule has 0 aromatic heterocycles. The van der Waals surface area contributed by atoms with Crippen LogP contribution in [-0.4, -0.2) is 13.1 Å². The minimum atomic E-state index is 0.207. The number of rotatable bonds is 5. The predicted molar refractivity (Wildman–Crippen MR) is 90.0 cm³/mol. The van der Waals surface area contributed by atoms with Crippen LogP contribution < -0.4 is 10.6 Å². The number of nitrogens with zero attached hydrogens (tertiary/aromatic N) is 1. The summed E-state index contributed by atoms with van der Waals surface area (Å²) >= 11 is 3.60. The molecule has 0 spiro atoms. The van der Waals surface area contributed by atoms with Gasteiger partial charge in [-0.25, -0.2) is 0 Å². The standard InChI is InChI=1S/C17H21BrN2/c1-13(19)11-14-7-9-16(10-8-14)20(2)12-15-5-3-4-6-17(15)18/h3-10,13H,11-12,19H2,1-2H3. The Balaban J connectivity index is 2.06. The summed E-state index contributed by atoms with van der Waals surface area (Å²) in [5, 5.41) is 0. The van der Waals surface area contributed by atoms with E-state index in [1.54, 1.807) is 0 Å².